The molecule has 1 aromatic heterocycles. The van der Waals surface area contributed by atoms with Crippen LogP contribution in [0.4, 0.5) is 16.3 Å². The molecule has 1 spiro atoms. The quantitative estimate of drug-likeness (QED) is 0.272. The van der Waals surface area contributed by atoms with E-state index in [9.17, 15) is 19.2 Å². The minimum atomic E-state index is -0.708. The molecule has 6 rings (SSSR count). The van der Waals surface area contributed by atoms with Crippen LogP contribution in [0, 0.1) is 12.3 Å². The van der Waals surface area contributed by atoms with Crippen LogP contribution in [0.5, 0.6) is 0 Å². The number of hydrogen-bond donors (Lipinski definition) is 4. The Morgan fingerprint density at radius 1 is 1.00 bits per heavy atom. The zero-order valence-corrected chi connectivity index (χ0v) is 29.0. The number of carbonyl (C=O) groups excluding carboxylic acids is 4. The van der Waals surface area contributed by atoms with Gasteiger partial charge >= 0.3 is 6.09 Å². The molecule has 4 amide bonds. The van der Waals surface area contributed by atoms with Crippen LogP contribution in [-0.2, 0) is 50.5 Å². The van der Waals surface area contributed by atoms with Crippen LogP contribution < -0.4 is 21.3 Å². The van der Waals surface area contributed by atoms with Gasteiger partial charge in [-0.2, -0.15) is 0 Å². The van der Waals surface area contributed by atoms with Crippen molar-refractivity contribution in [3.8, 4) is 0 Å². The van der Waals surface area contributed by atoms with Gasteiger partial charge in [-0.15, -0.1) is 0 Å². The van der Waals surface area contributed by atoms with E-state index in [-0.39, 0.29) is 37.4 Å². The molecule has 1 aliphatic carbocycles. The average molecular weight is 667 g/mol. The second-order valence-electron chi connectivity index (χ2n) is 14.9. The summed E-state index contributed by atoms with van der Waals surface area (Å²) in [6, 6.07) is 15.4. The van der Waals surface area contributed by atoms with E-state index in [0.717, 1.165) is 46.5 Å². The van der Waals surface area contributed by atoms with Gasteiger partial charge in [0.25, 0.3) is 0 Å². The first-order valence-corrected chi connectivity index (χ1v) is 17.0. The number of carbonyl (C=O) groups is 4. The van der Waals surface area contributed by atoms with Crippen molar-refractivity contribution in [2.75, 3.05) is 30.3 Å². The standard InChI is InChI=1S/C38H46N6O5/c1-24-17-27-19-38(29-11-8-14-40-32(29)43-33(38)46)20-28(27)18-30(24)42-31(45)23-44(34(47)37(5)12-15-39-16-13-37)22-26-10-7-6-9-25(26)21-41-35(48)49-36(2,3)4/h6-11,14,17-18,39H,12-13,15-16,19-23H2,1-5H3,(H,41,48)(H,42,45)(H,40,43,46). The molecular weight excluding hydrogens is 620 g/mol. The zero-order chi connectivity index (χ0) is 35.0. The molecule has 1 fully saturated rings. The number of rotatable bonds is 8. The molecule has 258 valence electrons. The molecule has 3 heterocycles. The lowest BCUT2D eigenvalue weighted by atomic mass is 9.79. The van der Waals surface area contributed by atoms with Gasteiger partial charge in [-0.3, -0.25) is 14.4 Å². The second kappa shape index (κ2) is 13.3. The monoisotopic (exact) mass is 666 g/mol. The summed E-state index contributed by atoms with van der Waals surface area (Å²) < 4.78 is 5.41. The number of pyridine rings is 1. The van der Waals surface area contributed by atoms with Crippen LogP contribution in [0.3, 0.4) is 0 Å². The van der Waals surface area contributed by atoms with Crippen molar-refractivity contribution in [2.24, 2.45) is 5.41 Å². The number of nitrogens with zero attached hydrogens (tertiary/aromatic N) is 2. The first-order valence-electron chi connectivity index (χ1n) is 17.0. The number of benzene rings is 2. The van der Waals surface area contributed by atoms with E-state index >= 15 is 0 Å². The first-order chi connectivity index (χ1) is 23.3. The Labute approximate surface area is 287 Å². The van der Waals surface area contributed by atoms with E-state index in [2.05, 4.69) is 26.3 Å². The van der Waals surface area contributed by atoms with E-state index < -0.39 is 22.5 Å². The maximum atomic E-state index is 14.2. The van der Waals surface area contributed by atoms with Crippen molar-refractivity contribution in [1.82, 2.24) is 20.5 Å². The van der Waals surface area contributed by atoms with Gasteiger partial charge in [0.2, 0.25) is 17.7 Å². The number of fused-ring (bicyclic) bond motifs is 3. The average Bonchev–Trinajstić information content (AvgIpc) is 3.55. The highest BCUT2D eigenvalue weighted by molar-refractivity contribution is 6.06. The summed E-state index contributed by atoms with van der Waals surface area (Å²) in [6.45, 7) is 11.1. The molecular formula is C38H46N6O5. The highest BCUT2D eigenvalue weighted by Crippen LogP contribution is 2.47. The summed E-state index contributed by atoms with van der Waals surface area (Å²) in [7, 11) is 0. The molecule has 0 radical (unpaired) electrons. The van der Waals surface area contributed by atoms with Crippen molar-refractivity contribution in [3.63, 3.8) is 0 Å². The predicted octanol–water partition coefficient (Wildman–Crippen LogP) is 4.76. The maximum absolute atomic E-state index is 14.2. The molecule has 49 heavy (non-hydrogen) atoms. The Balaban J connectivity index is 1.21. The number of aryl methyl sites for hydroxylation is 1. The zero-order valence-electron chi connectivity index (χ0n) is 29.0. The fourth-order valence-corrected chi connectivity index (χ4v) is 7.29. The Kier molecular flexibility index (Phi) is 9.23. The van der Waals surface area contributed by atoms with Crippen LogP contribution in [0.25, 0.3) is 0 Å². The third-order valence-corrected chi connectivity index (χ3v) is 9.94. The number of piperidine rings is 1. The smallest absolute Gasteiger partial charge is 0.407 e. The maximum Gasteiger partial charge on any atom is 0.407 e. The molecule has 3 aliphatic rings. The summed E-state index contributed by atoms with van der Waals surface area (Å²) in [5.41, 5.74) is 4.26. The number of anilines is 2. The van der Waals surface area contributed by atoms with Gasteiger partial charge in [0.05, 0.1) is 5.41 Å². The summed E-state index contributed by atoms with van der Waals surface area (Å²) in [6.07, 6.45) is 3.58. The van der Waals surface area contributed by atoms with E-state index in [1.54, 1.807) is 11.1 Å². The summed E-state index contributed by atoms with van der Waals surface area (Å²) >= 11 is 0. The van der Waals surface area contributed by atoms with Crippen LogP contribution >= 0.6 is 0 Å². The first kappa shape index (κ1) is 34.1. The lowest BCUT2D eigenvalue weighted by Crippen LogP contribution is -2.49. The summed E-state index contributed by atoms with van der Waals surface area (Å²) in [4.78, 5) is 59.7. The molecule has 2 aromatic carbocycles. The molecule has 1 saturated heterocycles. The SMILES string of the molecule is Cc1cc2c(cc1NC(=O)CN(Cc1ccccc1CNC(=O)OC(C)(C)C)C(=O)C1(C)CCNCC1)CC1(C2)C(=O)Nc2ncccc21. The van der Waals surface area contributed by atoms with E-state index in [1.807, 2.05) is 83.1 Å². The van der Waals surface area contributed by atoms with E-state index in [0.29, 0.717) is 37.2 Å². The Morgan fingerprint density at radius 3 is 2.41 bits per heavy atom. The fraction of sp³-hybridized carbons (Fsp3) is 0.447. The van der Waals surface area contributed by atoms with Crippen LogP contribution in [-0.4, -0.2) is 58.9 Å². The minimum Gasteiger partial charge on any atom is -0.444 e. The van der Waals surface area contributed by atoms with Crippen LogP contribution in [0.1, 0.15) is 73.9 Å². The van der Waals surface area contributed by atoms with Crippen molar-refractivity contribution in [1.29, 1.82) is 0 Å². The fourth-order valence-electron chi connectivity index (χ4n) is 7.29. The molecule has 2 aliphatic heterocycles. The number of alkyl carbamates (subject to hydrolysis) is 1. The number of nitrogens with one attached hydrogen (secondary N) is 4. The van der Waals surface area contributed by atoms with Crippen molar-refractivity contribution >= 4 is 35.3 Å². The van der Waals surface area contributed by atoms with Crippen LogP contribution in [0.2, 0.25) is 0 Å². The second-order valence-corrected chi connectivity index (χ2v) is 14.9. The van der Waals surface area contributed by atoms with Crippen molar-refractivity contribution < 1.29 is 23.9 Å². The molecule has 11 nitrogen and oxygen atoms in total. The minimum absolute atomic E-state index is 0.0530. The lowest BCUT2D eigenvalue weighted by molar-refractivity contribution is -0.145. The van der Waals surface area contributed by atoms with E-state index in [1.165, 1.54) is 0 Å². The van der Waals surface area contributed by atoms with E-state index in [4.69, 9.17) is 4.74 Å². The number of aromatic nitrogens is 1. The van der Waals surface area contributed by atoms with Gasteiger partial charge in [-0.25, -0.2) is 9.78 Å². The molecule has 0 bridgehead atoms. The van der Waals surface area contributed by atoms with Gasteiger partial charge in [-0.1, -0.05) is 43.3 Å². The highest BCUT2D eigenvalue weighted by atomic mass is 16.6. The summed E-state index contributed by atoms with van der Waals surface area (Å²) in [5.74, 6) is 0.174. The Morgan fingerprint density at radius 2 is 1.69 bits per heavy atom. The van der Waals surface area contributed by atoms with Gasteiger partial charge in [0.15, 0.2) is 0 Å². The normalized spacial score (nSPS) is 19.1. The lowest BCUT2D eigenvalue weighted by Gasteiger charge is -2.37. The van der Waals surface area contributed by atoms with Gasteiger partial charge in [0.1, 0.15) is 18.0 Å². The topological polar surface area (TPSA) is 142 Å². The molecule has 1 unspecified atom stereocenters. The van der Waals surface area contributed by atoms with Gasteiger partial charge in [0, 0.05) is 36.0 Å². The number of ether oxygens (including phenoxy) is 1. The molecule has 4 N–H and O–H groups in total. The molecule has 3 aromatic rings. The predicted molar refractivity (Wildman–Crippen MR) is 187 cm³/mol. The number of amides is 4. The number of hydrogen-bond acceptors (Lipinski definition) is 7. The molecule has 1 atom stereocenters. The van der Waals surface area contributed by atoms with Crippen LogP contribution in [0.15, 0.2) is 54.7 Å². The van der Waals surface area contributed by atoms with Crippen molar-refractivity contribution in [2.45, 2.75) is 84.4 Å². The Hall–Kier alpha value is -4.77. The molecule has 11 heteroatoms. The molecule has 0 saturated carbocycles. The van der Waals surface area contributed by atoms with Crippen molar-refractivity contribution in [3.05, 3.63) is 88.1 Å². The highest BCUT2D eigenvalue weighted by Gasteiger charge is 2.51. The third-order valence-electron chi connectivity index (χ3n) is 9.94. The van der Waals surface area contributed by atoms with Gasteiger partial charge < -0.3 is 30.9 Å². The summed E-state index contributed by atoms with van der Waals surface area (Å²) in [5, 5.41) is 12.2. The third kappa shape index (κ3) is 7.17. The Bertz CT molecular complexity index is 1790. The van der Waals surface area contributed by atoms with Gasteiger partial charge in [-0.05, 0) is 106 Å². The largest absolute Gasteiger partial charge is 0.444 e.